The van der Waals surface area contributed by atoms with Gasteiger partial charge in [-0.1, -0.05) is 24.3 Å². The molecule has 1 aliphatic rings. The Bertz CT molecular complexity index is 966. The van der Waals surface area contributed by atoms with Crippen LogP contribution in [0.15, 0.2) is 64.4 Å². The zero-order chi connectivity index (χ0) is 20.2. The molecule has 3 heterocycles. The van der Waals surface area contributed by atoms with E-state index in [9.17, 15) is 4.79 Å². The van der Waals surface area contributed by atoms with Crippen LogP contribution in [0.4, 0.5) is 0 Å². The smallest absolute Gasteiger partial charge is 0.257 e. The lowest BCUT2D eigenvalue weighted by Crippen LogP contribution is -2.36. The zero-order valence-corrected chi connectivity index (χ0v) is 18.1. The summed E-state index contributed by atoms with van der Waals surface area (Å²) in [5.74, 6) is 0.852. The lowest BCUT2D eigenvalue weighted by Gasteiger charge is -2.24. The van der Waals surface area contributed by atoms with Crippen LogP contribution in [-0.2, 0) is 11.3 Å². The molecule has 1 amide bonds. The van der Waals surface area contributed by atoms with Gasteiger partial charge < -0.3 is 4.74 Å². The molecule has 1 aromatic carbocycles. The predicted octanol–water partition coefficient (Wildman–Crippen LogP) is 4.63. The standard InChI is InChI=1S/C22H23N3O2S2/c1-24(14-16-7-9-17(27-2)10-8-16)15-22(26)25-19(21-6-4-12-29-21)13-18(23-25)20-5-3-11-28-20/h3-12,19H,13-15H2,1-2H3/t19-/m0/s1. The molecule has 1 atom stereocenters. The fraction of sp³-hybridized carbons (Fsp3) is 0.273. The molecule has 0 spiro atoms. The van der Waals surface area contributed by atoms with Crippen LogP contribution < -0.4 is 4.74 Å². The molecule has 5 nitrogen and oxygen atoms in total. The van der Waals surface area contributed by atoms with Gasteiger partial charge in [0, 0.05) is 17.8 Å². The molecular weight excluding hydrogens is 402 g/mol. The van der Waals surface area contributed by atoms with Gasteiger partial charge >= 0.3 is 0 Å². The maximum atomic E-state index is 13.1. The lowest BCUT2D eigenvalue weighted by molar-refractivity contribution is -0.134. The first-order valence-corrected chi connectivity index (χ1v) is 11.2. The number of hydrogen-bond acceptors (Lipinski definition) is 6. The van der Waals surface area contributed by atoms with Crippen LogP contribution >= 0.6 is 22.7 Å². The van der Waals surface area contributed by atoms with Gasteiger partial charge in [-0.2, -0.15) is 5.10 Å². The molecule has 2 aromatic heterocycles. The number of hydrogen-bond donors (Lipinski definition) is 0. The van der Waals surface area contributed by atoms with Crippen molar-refractivity contribution in [3.63, 3.8) is 0 Å². The van der Waals surface area contributed by atoms with E-state index in [2.05, 4.69) is 17.5 Å². The third kappa shape index (κ3) is 4.58. The number of amides is 1. The molecule has 0 radical (unpaired) electrons. The van der Waals surface area contributed by atoms with Gasteiger partial charge in [0.15, 0.2) is 0 Å². The summed E-state index contributed by atoms with van der Waals surface area (Å²) in [5.41, 5.74) is 2.13. The van der Waals surface area contributed by atoms with E-state index < -0.39 is 0 Å². The van der Waals surface area contributed by atoms with Gasteiger partial charge in [0.05, 0.1) is 30.3 Å². The predicted molar refractivity (Wildman–Crippen MR) is 119 cm³/mol. The molecule has 3 aromatic rings. The number of likely N-dealkylation sites (N-methyl/N-ethyl adjacent to an activating group) is 1. The van der Waals surface area contributed by atoms with E-state index in [1.54, 1.807) is 34.8 Å². The van der Waals surface area contributed by atoms with Gasteiger partial charge in [0.2, 0.25) is 0 Å². The van der Waals surface area contributed by atoms with E-state index in [1.165, 1.54) is 4.88 Å². The summed E-state index contributed by atoms with van der Waals surface area (Å²) < 4.78 is 5.21. The van der Waals surface area contributed by atoms with E-state index >= 15 is 0 Å². The summed E-state index contributed by atoms with van der Waals surface area (Å²) in [6, 6.07) is 16.1. The largest absolute Gasteiger partial charge is 0.497 e. The molecule has 0 bridgehead atoms. The van der Waals surface area contributed by atoms with Crippen LogP contribution in [0.2, 0.25) is 0 Å². The van der Waals surface area contributed by atoms with Crippen LogP contribution in [0.1, 0.15) is 27.8 Å². The molecule has 0 fully saturated rings. The molecule has 1 aliphatic heterocycles. The van der Waals surface area contributed by atoms with Gasteiger partial charge in [-0.15, -0.1) is 22.7 Å². The maximum absolute atomic E-state index is 13.1. The number of nitrogens with zero attached hydrogens (tertiary/aromatic N) is 3. The third-order valence-corrected chi connectivity index (χ3v) is 6.75. The fourth-order valence-corrected chi connectivity index (χ4v) is 4.97. The lowest BCUT2D eigenvalue weighted by atomic mass is 10.1. The molecule has 0 saturated carbocycles. The minimum absolute atomic E-state index is 0.0194. The first-order valence-electron chi connectivity index (χ1n) is 9.42. The highest BCUT2D eigenvalue weighted by Gasteiger charge is 2.34. The number of carbonyl (C=O) groups excluding carboxylic acids is 1. The van der Waals surface area contributed by atoms with Gasteiger partial charge in [-0.3, -0.25) is 9.69 Å². The zero-order valence-electron chi connectivity index (χ0n) is 16.4. The van der Waals surface area contributed by atoms with E-state index in [1.807, 2.05) is 53.7 Å². The average molecular weight is 426 g/mol. The Morgan fingerprint density at radius 2 is 1.93 bits per heavy atom. The molecule has 0 saturated heterocycles. The van der Waals surface area contributed by atoms with Crippen molar-refractivity contribution in [1.29, 1.82) is 0 Å². The Balaban J connectivity index is 1.46. The van der Waals surface area contributed by atoms with Crippen LogP contribution in [-0.4, -0.2) is 42.2 Å². The van der Waals surface area contributed by atoms with Crippen molar-refractivity contribution in [2.75, 3.05) is 20.7 Å². The molecular formula is C22H23N3O2S2. The van der Waals surface area contributed by atoms with Gasteiger partial charge in [-0.25, -0.2) is 5.01 Å². The quantitative estimate of drug-likeness (QED) is 0.554. The number of thiophene rings is 2. The summed E-state index contributed by atoms with van der Waals surface area (Å²) in [6.07, 6.45) is 0.759. The summed E-state index contributed by atoms with van der Waals surface area (Å²) in [4.78, 5) is 17.5. The number of hydrazone groups is 1. The van der Waals surface area contributed by atoms with Crippen LogP contribution in [0.3, 0.4) is 0 Å². The van der Waals surface area contributed by atoms with Gasteiger partial charge in [-0.05, 0) is 47.6 Å². The second-order valence-electron chi connectivity index (χ2n) is 7.02. The van der Waals surface area contributed by atoms with Gasteiger partial charge in [0.25, 0.3) is 5.91 Å². The Kier molecular flexibility index (Phi) is 6.08. The monoisotopic (exact) mass is 425 g/mol. The highest BCUT2D eigenvalue weighted by molar-refractivity contribution is 7.12. The van der Waals surface area contributed by atoms with E-state index in [0.29, 0.717) is 13.1 Å². The Hall–Kier alpha value is -2.48. The topological polar surface area (TPSA) is 45.1 Å². The third-order valence-electron chi connectivity index (χ3n) is 4.86. The molecule has 4 rings (SSSR count). The number of ether oxygens (including phenoxy) is 1. The van der Waals surface area contributed by atoms with Crippen molar-refractivity contribution in [2.45, 2.75) is 19.0 Å². The van der Waals surface area contributed by atoms with E-state index in [4.69, 9.17) is 9.84 Å². The Morgan fingerprint density at radius 1 is 1.17 bits per heavy atom. The van der Waals surface area contributed by atoms with Gasteiger partial charge in [0.1, 0.15) is 5.75 Å². The molecule has 150 valence electrons. The Labute approximate surface area is 178 Å². The van der Waals surface area contributed by atoms with Crippen molar-refractivity contribution in [2.24, 2.45) is 5.10 Å². The molecule has 7 heteroatoms. The summed E-state index contributed by atoms with van der Waals surface area (Å²) in [7, 11) is 3.62. The normalized spacial score (nSPS) is 16.3. The van der Waals surface area contributed by atoms with Crippen LogP contribution in [0.5, 0.6) is 5.75 Å². The second kappa shape index (κ2) is 8.90. The average Bonchev–Trinajstić information content (AvgIpc) is 3.49. The number of rotatable bonds is 7. The SMILES string of the molecule is COc1ccc(CN(C)CC(=O)N2N=C(c3cccs3)C[C@H]2c2cccs2)cc1. The minimum atomic E-state index is -0.0195. The van der Waals surface area contributed by atoms with Crippen molar-refractivity contribution >= 4 is 34.3 Å². The molecule has 0 N–H and O–H groups in total. The second-order valence-corrected chi connectivity index (χ2v) is 8.94. The van der Waals surface area contributed by atoms with Crippen molar-refractivity contribution in [3.8, 4) is 5.75 Å². The van der Waals surface area contributed by atoms with Crippen LogP contribution in [0, 0.1) is 0 Å². The summed E-state index contributed by atoms with van der Waals surface area (Å²) >= 11 is 3.34. The molecule has 29 heavy (non-hydrogen) atoms. The van der Waals surface area contributed by atoms with Crippen molar-refractivity contribution in [1.82, 2.24) is 9.91 Å². The summed E-state index contributed by atoms with van der Waals surface area (Å²) in [5, 5.41) is 10.5. The first-order chi connectivity index (χ1) is 14.1. The highest BCUT2D eigenvalue weighted by atomic mass is 32.1. The van der Waals surface area contributed by atoms with Crippen molar-refractivity contribution < 1.29 is 9.53 Å². The summed E-state index contributed by atoms with van der Waals surface area (Å²) in [6.45, 7) is 1.00. The van der Waals surface area contributed by atoms with Crippen molar-refractivity contribution in [3.05, 3.63) is 74.6 Å². The highest BCUT2D eigenvalue weighted by Crippen LogP contribution is 2.36. The molecule has 0 unspecified atom stereocenters. The Morgan fingerprint density at radius 3 is 2.59 bits per heavy atom. The number of benzene rings is 1. The maximum Gasteiger partial charge on any atom is 0.257 e. The number of carbonyl (C=O) groups is 1. The van der Waals surface area contributed by atoms with E-state index in [0.717, 1.165) is 28.3 Å². The number of methoxy groups -OCH3 is 1. The first kappa shape index (κ1) is 19.8. The van der Waals surface area contributed by atoms with Crippen LogP contribution in [0.25, 0.3) is 0 Å². The minimum Gasteiger partial charge on any atom is -0.497 e. The molecule has 0 aliphatic carbocycles. The van der Waals surface area contributed by atoms with E-state index in [-0.39, 0.29) is 11.9 Å². The fourth-order valence-electron chi connectivity index (χ4n) is 3.44.